The van der Waals surface area contributed by atoms with E-state index in [-0.39, 0.29) is 11.5 Å². The maximum atomic E-state index is 10.8. The number of anilines is 2. The van der Waals surface area contributed by atoms with Gasteiger partial charge in [-0.25, -0.2) is 4.98 Å². The van der Waals surface area contributed by atoms with Crippen molar-refractivity contribution in [2.45, 2.75) is 19.4 Å². The first kappa shape index (κ1) is 14.1. The Morgan fingerprint density at radius 1 is 1.56 bits per heavy atom. The Morgan fingerprint density at radius 2 is 2.22 bits per heavy atom. The van der Waals surface area contributed by atoms with Gasteiger partial charge in [-0.05, 0) is 13.8 Å². The molecule has 18 heavy (non-hydrogen) atoms. The lowest BCUT2D eigenvalue weighted by Crippen LogP contribution is -2.32. The molecular weight excluding hydrogens is 238 g/mol. The summed E-state index contributed by atoms with van der Waals surface area (Å²) in [4.78, 5) is 18.2. The van der Waals surface area contributed by atoms with Crippen LogP contribution in [0, 0.1) is 10.1 Å². The standard InChI is InChI=1S/C10H17N5O3/c1-10(2,18-4)6-13-8-7(15(16)17)5-12-9(11-3)14-8/h5H,6H2,1-4H3,(H2,11,12,13,14). The molecule has 1 heterocycles. The van der Waals surface area contributed by atoms with E-state index in [9.17, 15) is 10.1 Å². The van der Waals surface area contributed by atoms with Crippen molar-refractivity contribution in [1.29, 1.82) is 0 Å². The summed E-state index contributed by atoms with van der Waals surface area (Å²) in [5, 5.41) is 16.5. The molecule has 0 atom stereocenters. The molecule has 8 nitrogen and oxygen atoms in total. The average Bonchev–Trinajstić information content (AvgIpc) is 2.36. The van der Waals surface area contributed by atoms with E-state index in [1.165, 1.54) is 6.20 Å². The maximum absolute atomic E-state index is 10.8. The van der Waals surface area contributed by atoms with Gasteiger partial charge in [-0.15, -0.1) is 0 Å². The normalized spacial score (nSPS) is 11.1. The minimum absolute atomic E-state index is 0.166. The molecule has 1 aromatic rings. The third-order valence-corrected chi connectivity index (χ3v) is 2.42. The molecule has 0 bridgehead atoms. The van der Waals surface area contributed by atoms with Crippen LogP contribution in [0.5, 0.6) is 0 Å². The van der Waals surface area contributed by atoms with Crippen LogP contribution in [-0.2, 0) is 4.74 Å². The van der Waals surface area contributed by atoms with E-state index in [1.807, 2.05) is 13.8 Å². The van der Waals surface area contributed by atoms with Gasteiger partial charge >= 0.3 is 5.69 Å². The van der Waals surface area contributed by atoms with Crippen molar-refractivity contribution in [2.24, 2.45) is 0 Å². The number of ether oxygens (including phenoxy) is 1. The fourth-order valence-corrected chi connectivity index (χ4v) is 1.13. The van der Waals surface area contributed by atoms with Crippen molar-refractivity contribution in [1.82, 2.24) is 9.97 Å². The molecule has 1 rings (SSSR count). The number of nitrogens with one attached hydrogen (secondary N) is 2. The van der Waals surface area contributed by atoms with Gasteiger partial charge in [0.25, 0.3) is 0 Å². The van der Waals surface area contributed by atoms with E-state index in [2.05, 4.69) is 20.6 Å². The Hall–Kier alpha value is -1.96. The highest BCUT2D eigenvalue weighted by molar-refractivity contribution is 5.57. The van der Waals surface area contributed by atoms with E-state index in [0.717, 1.165) is 0 Å². The molecule has 1 aromatic heterocycles. The van der Waals surface area contributed by atoms with Gasteiger partial charge in [0.15, 0.2) is 0 Å². The molecule has 0 saturated carbocycles. The average molecular weight is 255 g/mol. The lowest BCUT2D eigenvalue weighted by molar-refractivity contribution is -0.384. The molecule has 0 fully saturated rings. The first-order chi connectivity index (χ1) is 8.39. The number of rotatable bonds is 6. The number of hydrogen-bond donors (Lipinski definition) is 2. The van der Waals surface area contributed by atoms with Crippen LogP contribution >= 0.6 is 0 Å². The number of nitro groups is 1. The Morgan fingerprint density at radius 3 is 2.72 bits per heavy atom. The van der Waals surface area contributed by atoms with Crippen molar-refractivity contribution in [3.8, 4) is 0 Å². The Labute approximate surface area is 105 Å². The Balaban J connectivity index is 2.94. The fraction of sp³-hybridized carbons (Fsp3) is 0.600. The monoisotopic (exact) mass is 255 g/mol. The van der Waals surface area contributed by atoms with Crippen LogP contribution in [0.4, 0.5) is 17.5 Å². The smallest absolute Gasteiger partial charge is 0.329 e. The van der Waals surface area contributed by atoms with Crippen LogP contribution in [0.3, 0.4) is 0 Å². The van der Waals surface area contributed by atoms with E-state index in [0.29, 0.717) is 12.5 Å². The molecule has 0 spiro atoms. The summed E-state index contributed by atoms with van der Waals surface area (Å²) in [7, 11) is 3.22. The highest BCUT2D eigenvalue weighted by Gasteiger charge is 2.21. The molecule has 0 aliphatic heterocycles. The topological polar surface area (TPSA) is 102 Å². The second-order valence-electron chi connectivity index (χ2n) is 4.25. The van der Waals surface area contributed by atoms with Crippen molar-refractivity contribution >= 4 is 17.5 Å². The van der Waals surface area contributed by atoms with Gasteiger partial charge in [0.1, 0.15) is 6.20 Å². The van der Waals surface area contributed by atoms with E-state index < -0.39 is 10.5 Å². The molecule has 0 amide bonds. The van der Waals surface area contributed by atoms with Crippen molar-refractivity contribution < 1.29 is 9.66 Å². The molecule has 2 N–H and O–H groups in total. The molecular formula is C10H17N5O3. The quantitative estimate of drug-likeness (QED) is 0.582. The van der Waals surface area contributed by atoms with Crippen LogP contribution in [0.15, 0.2) is 6.20 Å². The van der Waals surface area contributed by atoms with Gasteiger partial charge < -0.3 is 15.4 Å². The molecule has 0 unspecified atom stereocenters. The van der Waals surface area contributed by atoms with Crippen LogP contribution in [-0.4, -0.2) is 41.2 Å². The third kappa shape index (κ3) is 3.52. The predicted octanol–water partition coefficient (Wildman–Crippen LogP) is 1.26. The summed E-state index contributed by atoms with van der Waals surface area (Å²) in [6.45, 7) is 4.13. The second-order valence-corrected chi connectivity index (χ2v) is 4.25. The second kappa shape index (κ2) is 5.58. The number of nitrogens with zero attached hydrogens (tertiary/aromatic N) is 3. The number of hydrogen-bond acceptors (Lipinski definition) is 7. The Bertz CT molecular complexity index is 436. The first-order valence-corrected chi connectivity index (χ1v) is 5.38. The van der Waals surface area contributed by atoms with Gasteiger partial charge in [0, 0.05) is 20.7 Å². The first-order valence-electron chi connectivity index (χ1n) is 5.38. The number of aromatic nitrogens is 2. The van der Waals surface area contributed by atoms with Crippen LogP contribution in [0.1, 0.15) is 13.8 Å². The van der Waals surface area contributed by atoms with Crippen LogP contribution < -0.4 is 10.6 Å². The van der Waals surface area contributed by atoms with Crippen molar-refractivity contribution in [2.75, 3.05) is 31.3 Å². The highest BCUT2D eigenvalue weighted by Crippen LogP contribution is 2.22. The van der Waals surface area contributed by atoms with Gasteiger partial charge in [0.05, 0.1) is 10.5 Å². The zero-order valence-corrected chi connectivity index (χ0v) is 10.9. The molecule has 8 heteroatoms. The zero-order valence-electron chi connectivity index (χ0n) is 10.9. The van der Waals surface area contributed by atoms with Gasteiger partial charge in [-0.3, -0.25) is 10.1 Å². The fourth-order valence-electron chi connectivity index (χ4n) is 1.13. The molecule has 0 aliphatic rings. The summed E-state index contributed by atoms with van der Waals surface area (Å²) < 4.78 is 5.22. The molecule has 0 saturated heterocycles. The summed E-state index contributed by atoms with van der Waals surface area (Å²) in [5.74, 6) is 0.489. The van der Waals surface area contributed by atoms with Gasteiger partial charge in [-0.2, -0.15) is 4.98 Å². The lowest BCUT2D eigenvalue weighted by atomic mass is 10.1. The summed E-state index contributed by atoms with van der Waals surface area (Å²) in [6.07, 6.45) is 1.17. The van der Waals surface area contributed by atoms with E-state index >= 15 is 0 Å². The summed E-state index contributed by atoms with van der Waals surface area (Å²) in [6, 6.07) is 0. The van der Waals surface area contributed by atoms with Gasteiger partial charge in [0.2, 0.25) is 11.8 Å². The van der Waals surface area contributed by atoms with Gasteiger partial charge in [-0.1, -0.05) is 0 Å². The zero-order chi connectivity index (χ0) is 13.8. The predicted molar refractivity (Wildman–Crippen MR) is 67.8 cm³/mol. The minimum atomic E-state index is -0.526. The van der Waals surface area contributed by atoms with E-state index in [4.69, 9.17) is 4.74 Å². The van der Waals surface area contributed by atoms with Crippen LogP contribution in [0.25, 0.3) is 0 Å². The summed E-state index contributed by atoms with van der Waals surface area (Å²) in [5.41, 5.74) is -0.612. The molecule has 100 valence electrons. The van der Waals surface area contributed by atoms with Crippen molar-refractivity contribution in [3.05, 3.63) is 16.3 Å². The van der Waals surface area contributed by atoms with Crippen molar-refractivity contribution in [3.63, 3.8) is 0 Å². The molecule has 0 aliphatic carbocycles. The van der Waals surface area contributed by atoms with E-state index in [1.54, 1.807) is 14.2 Å². The SMILES string of the molecule is CNc1ncc([N+](=O)[O-])c(NCC(C)(C)OC)n1. The number of methoxy groups -OCH3 is 1. The third-order valence-electron chi connectivity index (χ3n) is 2.42. The lowest BCUT2D eigenvalue weighted by Gasteiger charge is -2.23. The minimum Gasteiger partial charge on any atom is -0.377 e. The summed E-state index contributed by atoms with van der Waals surface area (Å²) >= 11 is 0. The highest BCUT2D eigenvalue weighted by atomic mass is 16.6. The largest absolute Gasteiger partial charge is 0.377 e. The maximum Gasteiger partial charge on any atom is 0.329 e. The molecule has 0 aromatic carbocycles. The Kier molecular flexibility index (Phi) is 4.38. The van der Waals surface area contributed by atoms with Crippen LogP contribution in [0.2, 0.25) is 0 Å². The molecule has 0 radical (unpaired) electrons.